The molecule has 5 aromatic rings. The van der Waals surface area contributed by atoms with Crippen molar-refractivity contribution in [2.45, 2.75) is 44.3 Å². The number of hydrogen-bond acceptors (Lipinski definition) is 4. The van der Waals surface area contributed by atoms with Gasteiger partial charge in [-0.25, -0.2) is 4.79 Å². The molecular formula is C43H42O5. The first-order valence-corrected chi connectivity index (χ1v) is 16.7. The highest BCUT2D eigenvalue weighted by atomic mass is 16.5. The standard InChI is InChI=1S/C43H42O5/c1-46-41(43(44)45)30-34-18-23-37(24-19-34)47-27-28-48-42-39-25-20-33(16-15-31-9-4-2-5-10-31)29-36(39)22-26-38-35(13-8-14-40(38)42)21-17-32-11-6-3-7-12-32/h2-14,18-20,22-26,29,41-42H,15-17,21,27-28,30H2,1H3,(H,44,45). The molecule has 5 heteroatoms. The van der Waals surface area contributed by atoms with Crippen molar-refractivity contribution in [1.29, 1.82) is 0 Å². The van der Waals surface area contributed by atoms with Crippen molar-refractivity contribution in [3.8, 4) is 5.75 Å². The Labute approximate surface area is 283 Å². The molecule has 48 heavy (non-hydrogen) atoms. The minimum atomic E-state index is -0.974. The normalized spacial score (nSPS) is 14.1. The van der Waals surface area contributed by atoms with Crippen molar-refractivity contribution in [2.24, 2.45) is 0 Å². The summed E-state index contributed by atoms with van der Waals surface area (Å²) in [5.41, 5.74) is 10.9. The molecule has 5 nitrogen and oxygen atoms in total. The highest BCUT2D eigenvalue weighted by Gasteiger charge is 2.24. The molecule has 1 aliphatic rings. The van der Waals surface area contributed by atoms with Crippen LogP contribution in [0.15, 0.2) is 121 Å². The van der Waals surface area contributed by atoms with Crippen molar-refractivity contribution in [2.75, 3.05) is 20.3 Å². The first kappa shape index (κ1) is 33.0. The molecule has 6 rings (SSSR count). The maximum Gasteiger partial charge on any atom is 0.333 e. The third kappa shape index (κ3) is 8.48. The third-order valence-electron chi connectivity index (χ3n) is 8.99. The second-order valence-electron chi connectivity index (χ2n) is 12.2. The topological polar surface area (TPSA) is 65.0 Å². The van der Waals surface area contributed by atoms with Gasteiger partial charge in [-0.1, -0.05) is 121 Å². The van der Waals surface area contributed by atoms with Crippen molar-refractivity contribution in [3.05, 3.63) is 171 Å². The van der Waals surface area contributed by atoms with Crippen LogP contribution in [0.3, 0.4) is 0 Å². The zero-order chi connectivity index (χ0) is 33.1. The highest BCUT2D eigenvalue weighted by Crippen LogP contribution is 2.37. The first-order valence-electron chi connectivity index (χ1n) is 16.7. The summed E-state index contributed by atoms with van der Waals surface area (Å²) in [5.74, 6) is -0.264. The van der Waals surface area contributed by atoms with E-state index < -0.39 is 12.1 Å². The van der Waals surface area contributed by atoms with Gasteiger partial charge >= 0.3 is 5.97 Å². The molecule has 0 heterocycles. The lowest BCUT2D eigenvalue weighted by Gasteiger charge is -2.23. The van der Waals surface area contributed by atoms with Gasteiger partial charge in [0.05, 0.1) is 6.61 Å². The number of carboxylic acids is 1. The van der Waals surface area contributed by atoms with E-state index >= 15 is 0 Å². The molecule has 1 N–H and O–H groups in total. The van der Waals surface area contributed by atoms with Gasteiger partial charge in [0.1, 0.15) is 18.5 Å². The maximum absolute atomic E-state index is 11.3. The fourth-order valence-corrected chi connectivity index (χ4v) is 6.36. The number of rotatable bonds is 15. The Morgan fingerprint density at radius 2 is 1.33 bits per heavy atom. The minimum absolute atomic E-state index is 0.238. The Balaban J connectivity index is 1.19. The quantitative estimate of drug-likeness (QED) is 0.116. The fourth-order valence-electron chi connectivity index (χ4n) is 6.36. The number of aryl methyl sites for hydroxylation is 4. The summed E-state index contributed by atoms with van der Waals surface area (Å²) in [6.45, 7) is 0.784. The van der Waals surface area contributed by atoms with E-state index in [1.807, 2.05) is 24.3 Å². The van der Waals surface area contributed by atoms with Gasteiger partial charge in [0.25, 0.3) is 0 Å². The number of methoxy groups -OCH3 is 1. The molecular weight excluding hydrogens is 596 g/mol. The Bertz CT molecular complexity index is 1810. The van der Waals surface area contributed by atoms with Gasteiger partial charge in [-0.2, -0.15) is 0 Å². The molecule has 244 valence electrons. The summed E-state index contributed by atoms with van der Waals surface area (Å²) in [4.78, 5) is 11.3. The van der Waals surface area contributed by atoms with Gasteiger partial charge in [0.15, 0.2) is 6.10 Å². The average molecular weight is 639 g/mol. The van der Waals surface area contributed by atoms with Crippen LogP contribution >= 0.6 is 0 Å². The van der Waals surface area contributed by atoms with Crippen LogP contribution in [0.1, 0.15) is 56.2 Å². The van der Waals surface area contributed by atoms with E-state index in [1.54, 1.807) is 0 Å². The van der Waals surface area contributed by atoms with E-state index in [0.717, 1.165) is 36.8 Å². The summed E-state index contributed by atoms with van der Waals surface area (Å²) >= 11 is 0. The van der Waals surface area contributed by atoms with Crippen LogP contribution in [0.2, 0.25) is 0 Å². The summed E-state index contributed by atoms with van der Waals surface area (Å²) < 4.78 is 17.8. The van der Waals surface area contributed by atoms with Crippen molar-refractivity contribution in [3.63, 3.8) is 0 Å². The lowest BCUT2D eigenvalue weighted by atomic mass is 9.91. The average Bonchev–Trinajstić information content (AvgIpc) is 3.28. The van der Waals surface area contributed by atoms with Crippen LogP contribution in [-0.2, 0) is 46.4 Å². The van der Waals surface area contributed by atoms with E-state index in [9.17, 15) is 9.90 Å². The molecule has 5 aromatic carbocycles. The van der Waals surface area contributed by atoms with Crippen LogP contribution in [0.25, 0.3) is 12.2 Å². The van der Waals surface area contributed by atoms with Gasteiger partial charge in [0.2, 0.25) is 0 Å². The number of carboxylic acid groups (broad SMARTS) is 1. The van der Waals surface area contributed by atoms with Crippen molar-refractivity contribution < 1.29 is 24.1 Å². The Hall–Kier alpha value is -4.97. The summed E-state index contributed by atoms with van der Waals surface area (Å²) in [5, 5.41) is 9.28. The molecule has 0 aromatic heterocycles. The van der Waals surface area contributed by atoms with E-state index in [0.29, 0.717) is 25.4 Å². The Morgan fingerprint density at radius 1 is 0.667 bits per heavy atom. The Morgan fingerprint density at radius 3 is 2.02 bits per heavy atom. The fraction of sp³-hybridized carbons (Fsp3) is 0.233. The molecule has 2 atom stereocenters. The molecule has 0 bridgehead atoms. The molecule has 0 radical (unpaired) electrons. The third-order valence-corrected chi connectivity index (χ3v) is 8.99. The number of ether oxygens (including phenoxy) is 3. The molecule has 0 spiro atoms. The monoisotopic (exact) mass is 638 g/mol. The summed E-state index contributed by atoms with van der Waals surface area (Å²) in [6, 6.07) is 42.1. The van der Waals surface area contributed by atoms with Gasteiger partial charge in [0, 0.05) is 13.5 Å². The number of benzene rings is 5. The summed E-state index contributed by atoms with van der Waals surface area (Å²) in [7, 11) is 1.41. The highest BCUT2D eigenvalue weighted by molar-refractivity contribution is 5.78. The zero-order valence-corrected chi connectivity index (χ0v) is 27.4. The molecule has 0 saturated carbocycles. The molecule has 0 amide bonds. The minimum Gasteiger partial charge on any atom is -0.491 e. The van der Waals surface area contributed by atoms with E-state index in [-0.39, 0.29) is 6.10 Å². The van der Waals surface area contributed by atoms with Crippen molar-refractivity contribution >= 4 is 18.1 Å². The van der Waals surface area contributed by atoms with Gasteiger partial charge in [-0.05, 0) is 87.9 Å². The summed E-state index contributed by atoms with van der Waals surface area (Å²) in [6.07, 6.45) is 7.61. The number of carbonyl (C=O) groups is 1. The lowest BCUT2D eigenvalue weighted by Crippen LogP contribution is -2.24. The van der Waals surface area contributed by atoms with E-state index in [1.165, 1.54) is 46.1 Å². The second-order valence-corrected chi connectivity index (χ2v) is 12.2. The van der Waals surface area contributed by atoms with Crippen LogP contribution in [0, 0.1) is 0 Å². The number of hydrogen-bond donors (Lipinski definition) is 1. The smallest absolute Gasteiger partial charge is 0.333 e. The van der Waals surface area contributed by atoms with E-state index in [2.05, 4.69) is 109 Å². The molecule has 2 unspecified atom stereocenters. The van der Waals surface area contributed by atoms with Crippen LogP contribution in [-0.4, -0.2) is 37.5 Å². The Kier molecular flexibility index (Phi) is 11.1. The zero-order valence-electron chi connectivity index (χ0n) is 27.4. The molecule has 0 fully saturated rings. The molecule has 1 aliphatic carbocycles. The predicted octanol–water partition coefficient (Wildman–Crippen LogP) is 8.57. The second kappa shape index (κ2) is 16.2. The van der Waals surface area contributed by atoms with Crippen LogP contribution in [0.4, 0.5) is 0 Å². The number of fused-ring (bicyclic) bond motifs is 2. The van der Waals surface area contributed by atoms with Gasteiger partial charge < -0.3 is 19.3 Å². The van der Waals surface area contributed by atoms with Crippen LogP contribution < -0.4 is 4.74 Å². The van der Waals surface area contributed by atoms with Crippen molar-refractivity contribution in [1.82, 2.24) is 0 Å². The largest absolute Gasteiger partial charge is 0.491 e. The molecule has 0 saturated heterocycles. The maximum atomic E-state index is 11.3. The lowest BCUT2D eigenvalue weighted by molar-refractivity contribution is -0.148. The van der Waals surface area contributed by atoms with Gasteiger partial charge in [-0.15, -0.1) is 0 Å². The van der Waals surface area contributed by atoms with E-state index in [4.69, 9.17) is 14.2 Å². The number of aliphatic carboxylic acids is 1. The predicted molar refractivity (Wildman–Crippen MR) is 191 cm³/mol. The molecule has 0 aliphatic heterocycles. The van der Waals surface area contributed by atoms with Gasteiger partial charge in [-0.3, -0.25) is 0 Å². The first-order chi connectivity index (χ1) is 23.6. The van der Waals surface area contributed by atoms with Crippen LogP contribution in [0.5, 0.6) is 5.75 Å². The SMILES string of the molecule is COC(Cc1ccc(OCCOC2c3ccc(CCc4ccccc4)cc3C=Cc3c(CCc4ccccc4)cccc32)cc1)C(=O)O.